The van der Waals surface area contributed by atoms with Crippen LogP contribution in [0.5, 0.6) is 0 Å². The van der Waals surface area contributed by atoms with Crippen molar-refractivity contribution < 1.29 is 9.59 Å². The van der Waals surface area contributed by atoms with Crippen LogP contribution in [0.1, 0.15) is 34.6 Å². The summed E-state index contributed by atoms with van der Waals surface area (Å²) in [6.45, 7) is 12.0. The van der Waals surface area contributed by atoms with Gasteiger partial charge in [-0.15, -0.1) is 0 Å². The van der Waals surface area contributed by atoms with Gasteiger partial charge in [0.1, 0.15) is 6.04 Å². The molecule has 0 bridgehead atoms. The van der Waals surface area contributed by atoms with Crippen molar-refractivity contribution in [3.8, 4) is 0 Å². The van der Waals surface area contributed by atoms with Gasteiger partial charge in [0.05, 0.1) is 0 Å². The van der Waals surface area contributed by atoms with Crippen molar-refractivity contribution in [1.29, 1.82) is 0 Å². The van der Waals surface area contributed by atoms with Crippen LogP contribution in [0, 0.1) is 17.3 Å². The maximum Gasteiger partial charge on any atom is 0.244 e. The number of amides is 2. The van der Waals surface area contributed by atoms with Crippen LogP contribution in [0.4, 0.5) is 0 Å². The van der Waals surface area contributed by atoms with Gasteiger partial charge in [-0.1, -0.05) is 27.7 Å². The molecule has 1 saturated heterocycles. The summed E-state index contributed by atoms with van der Waals surface area (Å²) in [7, 11) is 0. The number of piperidine rings is 1. The van der Waals surface area contributed by atoms with Crippen molar-refractivity contribution in [2.24, 2.45) is 17.3 Å². The highest BCUT2D eigenvalue weighted by atomic mass is 16.2. The van der Waals surface area contributed by atoms with Crippen LogP contribution in [-0.4, -0.2) is 36.3 Å². The molecule has 0 aromatic rings. The summed E-state index contributed by atoms with van der Waals surface area (Å²) >= 11 is 0. The normalized spacial score (nSPS) is 29.6. The Morgan fingerprint density at radius 3 is 2.24 bits per heavy atom. The number of hydrogen-bond acceptors (Lipinski definition) is 2. The molecule has 2 rings (SSSR count). The Hall–Kier alpha value is -1.06. The summed E-state index contributed by atoms with van der Waals surface area (Å²) in [5, 5.41) is 2.50. The van der Waals surface area contributed by atoms with E-state index < -0.39 is 0 Å². The molecule has 4 heteroatoms. The van der Waals surface area contributed by atoms with Crippen LogP contribution in [0.25, 0.3) is 0 Å². The zero-order valence-corrected chi connectivity index (χ0v) is 11.5. The maximum atomic E-state index is 11.8. The van der Waals surface area contributed by atoms with Gasteiger partial charge in [0.2, 0.25) is 12.3 Å². The summed E-state index contributed by atoms with van der Waals surface area (Å²) in [5.41, 5.74) is 0.429. The summed E-state index contributed by atoms with van der Waals surface area (Å²) in [5.74, 6) is 1.39. The Morgan fingerprint density at radius 1 is 1.35 bits per heavy atom. The number of nitrogens with zero attached hydrogens (tertiary/aromatic N) is 1. The molecular weight excluding hydrogens is 216 g/mol. The molecule has 3 atom stereocenters. The summed E-state index contributed by atoms with van der Waals surface area (Å²) in [6.07, 6.45) is 0.587. The third kappa shape index (κ3) is 2.45. The first-order valence-electron chi connectivity index (χ1n) is 6.47. The van der Waals surface area contributed by atoms with Crippen LogP contribution in [0.15, 0.2) is 0 Å². The quantitative estimate of drug-likeness (QED) is 0.755. The van der Waals surface area contributed by atoms with Gasteiger partial charge in [0, 0.05) is 13.1 Å². The molecule has 0 aromatic carbocycles. The Kier molecular flexibility index (Phi) is 4.17. The van der Waals surface area contributed by atoms with E-state index in [-0.39, 0.29) is 11.9 Å². The Morgan fingerprint density at radius 2 is 1.82 bits per heavy atom. The molecular formula is C13H24N2O2. The molecule has 1 saturated carbocycles. The van der Waals surface area contributed by atoms with Gasteiger partial charge in [-0.05, 0) is 24.2 Å². The van der Waals surface area contributed by atoms with Crippen molar-refractivity contribution in [2.45, 2.75) is 40.7 Å². The second kappa shape index (κ2) is 5.07. The molecule has 2 aliphatic rings. The Balaban J connectivity index is 0.000000686. The van der Waals surface area contributed by atoms with E-state index in [0.29, 0.717) is 23.7 Å². The van der Waals surface area contributed by atoms with E-state index in [9.17, 15) is 9.59 Å². The third-order valence-electron chi connectivity index (χ3n) is 4.12. The minimum absolute atomic E-state index is 0.0464. The predicted octanol–water partition coefficient (Wildman–Crippen LogP) is 1.26. The summed E-state index contributed by atoms with van der Waals surface area (Å²) < 4.78 is 0. The van der Waals surface area contributed by atoms with Crippen LogP contribution in [-0.2, 0) is 9.59 Å². The second-order valence-electron chi connectivity index (χ2n) is 5.28. The van der Waals surface area contributed by atoms with Gasteiger partial charge in [-0.2, -0.15) is 0 Å². The maximum absolute atomic E-state index is 11.8. The van der Waals surface area contributed by atoms with E-state index in [1.54, 1.807) is 6.92 Å². The molecule has 1 aliphatic heterocycles. The zero-order chi connectivity index (χ0) is 13.2. The molecule has 0 spiro atoms. The third-order valence-corrected chi connectivity index (χ3v) is 4.12. The fourth-order valence-corrected chi connectivity index (χ4v) is 2.76. The largest absolute Gasteiger partial charge is 0.347 e. The lowest BCUT2D eigenvalue weighted by atomic mass is 10.1. The topological polar surface area (TPSA) is 49.4 Å². The van der Waals surface area contributed by atoms with Crippen molar-refractivity contribution in [2.75, 3.05) is 13.1 Å². The fourth-order valence-electron chi connectivity index (χ4n) is 2.76. The number of carbonyl (C=O) groups excluding carboxylic acids is 2. The number of rotatable bonds is 3. The molecule has 0 aromatic heterocycles. The highest BCUT2D eigenvalue weighted by molar-refractivity contribution is 5.83. The van der Waals surface area contributed by atoms with E-state index in [4.69, 9.17) is 0 Å². The second-order valence-corrected chi connectivity index (χ2v) is 5.28. The number of likely N-dealkylation sites (tertiary alicyclic amines) is 1. The number of carbonyl (C=O) groups is 2. The van der Waals surface area contributed by atoms with E-state index in [2.05, 4.69) is 19.2 Å². The summed E-state index contributed by atoms with van der Waals surface area (Å²) in [4.78, 5) is 23.9. The molecule has 2 fully saturated rings. The van der Waals surface area contributed by atoms with Crippen molar-refractivity contribution >= 4 is 12.3 Å². The van der Waals surface area contributed by atoms with Gasteiger partial charge >= 0.3 is 0 Å². The zero-order valence-electron chi connectivity index (χ0n) is 11.5. The van der Waals surface area contributed by atoms with Gasteiger partial charge in [-0.3, -0.25) is 9.59 Å². The lowest BCUT2D eigenvalue weighted by Crippen LogP contribution is -2.44. The summed E-state index contributed by atoms with van der Waals surface area (Å²) in [6, 6.07) is -0.386. The number of nitrogens with one attached hydrogen (secondary N) is 1. The molecule has 1 N–H and O–H groups in total. The first kappa shape index (κ1) is 14.0. The van der Waals surface area contributed by atoms with Crippen LogP contribution in [0.2, 0.25) is 0 Å². The van der Waals surface area contributed by atoms with Crippen molar-refractivity contribution in [3.63, 3.8) is 0 Å². The van der Waals surface area contributed by atoms with E-state index in [1.807, 2.05) is 18.7 Å². The first-order valence-corrected chi connectivity index (χ1v) is 6.47. The molecule has 0 unspecified atom stereocenters. The molecule has 98 valence electrons. The standard InChI is InChI=1S/C11H18N2O2.C2H6/c1-7(12-6-14)10(15)13-4-8-9(5-13)11(8,2)3;1-2/h6-9H,4-5H2,1-3H3,(H,12,14);1-2H3/t7-,8-,9+;/m0./s1. The van der Waals surface area contributed by atoms with E-state index >= 15 is 0 Å². The minimum Gasteiger partial charge on any atom is -0.347 e. The van der Waals surface area contributed by atoms with Crippen LogP contribution in [0.3, 0.4) is 0 Å². The average Bonchev–Trinajstić information content (AvgIpc) is 2.73. The lowest BCUT2D eigenvalue weighted by molar-refractivity contribution is -0.134. The van der Waals surface area contributed by atoms with Gasteiger partial charge in [0.15, 0.2) is 0 Å². The molecule has 1 aliphatic carbocycles. The average molecular weight is 240 g/mol. The van der Waals surface area contributed by atoms with Crippen molar-refractivity contribution in [3.05, 3.63) is 0 Å². The molecule has 1 heterocycles. The Labute approximate surface area is 104 Å². The van der Waals surface area contributed by atoms with Gasteiger partial charge < -0.3 is 10.2 Å². The smallest absolute Gasteiger partial charge is 0.244 e. The molecule has 0 radical (unpaired) electrons. The predicted molar refractivity (Wildman–Crippen MR) is 67.4 cm³/mol. The van der Waals surface area contributed by atoms with Gasteiger partial charge in [0.25, 0.3) is 0 Å². The SMILES string of the molecule is CC.C[C@H](NC=O)C(=O)N1C[C@@H]2[C@H](C1)C2(C)C. The fraction of sp³-hybridized carbons (Fsp3) is 0.846. The highest BCUT2D eigenvalue weighted by Crippen LogP contribution is 2.61. The Bertz CT molecular complexity index is 288. The van der Waals surface area contributed by atoms with E-state index in [1.165, 1.54) is 0 Å². The van der Waals surface area contributed by atoms with Gasteiger partial charge in [-0.25, -0.2) is 0 Å². The molecule has 17 heavy (non-hydrogen) atoms. The monoisotopic (exact) mass is 240 g/mol. The highest BCUT2D eigenvalue weighted by Gasteiger charge is 2.62. The van der Waals surface area contributed by atoms with E-state index in [0.717, 1.165) is 13.1 Å². The lowest BCUT2D eigenvalue weighted by Gasteiger charge is -2.24. The van der Waals surface area contributed by atoms with Crippen molar-refractivity contribution in [1.82, 2.24) is 10.2 Å². The molecule has 4 nitrogen and oxygen atoms in total. The van der Waals surface area contributed by atoms with Crippen LogP contribution < -0.4 is 5.32 Å². The minimum atomic E-state index is -0.386. The molecule has 2 amide bonds. The number of fused-ring (bicyclic) bond motifs is 1. The first-order chi connectivity index (χ1) is 7.98. The van der Waals surface area contributed by atoms with Crippen LogP contribution >= 0.6 is 0 Å². The number of hydrogen-bond donors (Lipinski definition) is 1.